The van der Waals surface area contributed by atoms with Crippen LogP contribution in [0, 0.1) is 6.92 Å². The van der Waals surface area contributed by atoms with E-state index in [0.717, 1.165) is 16.7 Å². The van der Waals surface area contributed by atoms with Gasteiger partial charge in [-0.3, -0.25) is 4.79 Å². The van der Waals surface area contributed by atoms with Gasteiger partial charge in [-0.15, -0.1) is 0 Å². The zero-order valence-corrected chi connectivity index (χ0v) is 13.3. The summed E-state index contributed by atoms with van der Waals surface area (Å²) in [7, 11) is 1.59. The molecule has 2 heterocycles. The Balaban J connectivity index is 0.000000847. The second kappa shape index (κ2) is 6.93. The molecule has 1 N–H and O–H groups in total. The number of nitrogens with zero attached hydrogens (tertiary/aromatic N) is 1. The van der Waals surface area contributed by atoms with Crippen molar-refractivity contribution in [2.75, 3.05) is 19.0 Å². The molecule has 5 nitrogen and oxygen atoms in total. The van der Waals surface area contributed by atoms with Crippen molar-refractivity contribution in [3.63, 3.8) is 0 Å². The number of carbonyl (C=O) groups excluding carboxylic acids is 1. The minimum atomic E-state index is -0.132. The molecule has 2 aromatic rings. The van der Waals surface area contributed by atoms with E-state index in [4.69, 9.17) is 9.47 Å². The Hall–Kier alpha value is -2.56. The summed E-state index contributed by atoms with van der Waals surface area (Å²) < 4.78 is 10.5. The third-order valence-corrected chi connectivity index (χ3v) is 3.22. The van der Waals surface area contributed by atoms with Gasteiger partial charge >= 0.3 is 0 Å². The van der Waals surface area contributed by atoms with Gasteiger partial charge in [0.1, 0.15) is 5.75 Å². The quantitative estimate of drug-likeness (QED) is 0.923. The van der Waals surface area contributed by atoms with Crippen LogP contribution in [0.5, 0.6) is 11.6 Å². The number of anilines is 1. The van der Waals surface area contributed by atoms with Crippen LogP contribution in [0.25, 0.3) is 11.1 Å². The number of aromatic nitrogens is 1. The summed E-state index contributed by atoms with van der Waals surface area (Å²) in [6, 6.07) is 7.57. The Morgan fingerprint density at radius 2 is 2.05 bits per heavy atom. The van der Waals surface area contributed by atoms with Crippen molar-refractivity contribution in [2.45, 2.75) is 20.8 Å². The van der Waals surface area contributed by atoms with Gasteiger partial charge in [0.25, 0.3) is 5.91 Å². The van der Waals surface area contributed by atoms with Gasteiger partial charge in [-0.05, 0) is 30.2 Å². The smallest absolute Gasteiger partial charge is 0.262 e. The SMILES string of the molecule is CC.COc1cc(C)c(-c2ccc3c(c2)OCC(=O)N3)cn1. The van der Waals surface area contributed by atoms with Gasteiger partial charge in [-0.25, -0.2) is 4.98 Å². The lowest BCUT2D eigenvalue weighted by atomic mass is 10.0. The molecule has 0 spiro atoms. The lowest BCUT2D eigenvalue weighted by Gasteiger charge is -2.19. The predicted molar refractivity (Wildman–Crippen MR) is 86.4 cm³/mol. The minimum Gasteiger partial charge on any atom is -0.482 e. The topological polar surface area (TPSA) is 60.5 Å². The number of carbonyl (C=O) groups is 1. The van der Waals surface area contributed by atoms with E-state index in [1.807, 2.05) is 45.0 Å². The molecule has 1 aliphatic heterocycles. The largest absolute Gasteiger partial charge is 0.482 e. The maximum atomic E-state index is 11.2. The third-order valence-electron chi connectivity index (χ3n) is 3.22. The van der Waals surface area contributed by atoms with Gasteiger partial charge in [0, 0.05) is 17.8 Å². The number of ether oxygens (including phenoxy) is 2. The highest BCUT2D eigenvalue weighted by Gasteiger charge is 2.16. The molecule has 1 aromatic carbocycles. The number of methoxy groups -OCH3 is 1. The van der Waals surface area contributed by atoms with Crippen molar-refractivity contribution in [3.05, 3.63) is 36.0 Å². The summed E-state index contributed by atoms with van der Waals surface area (Å²) in [5, 5.41) is 2.77. The van der Waals surface area contributed by atoms with Crippen LogP contribution in [-0.4, -0.2) is 24.6 Å². The number of hydrogen-bond acceptors (Lipinski definition) is 4. The Bertz CT molecular complexity index is 684. The van der Waals surface area contributed by atoms with Crippen LogP contribution >= 0.6 is 0 Å². The molecule has 0 aliphatic carbocycles. The lowest BCUT2D eigenvalue weighted by Crippen LogP contribution is -2.25. The summed E-state index contributed by atoms with van der Waals surface area (Å²) in [5.74, 6) is 1.14. The standard InChI is InChI=1S/C15H14N2O3.C2H6/c1-9-5-15(19-2)16-7-11(9)10-3-4-12-13(6-10)20-8-14(18)17-12;1-2/h3-7H,8H2,1-2H3,(H,17,18);1-2H3. The second-order valence-corrected chi connectivity index (χ2v) is 4.59. The Kier molecular flexibility index (Phi) is 4.99. The van der Waals surface area contributed by atoms with Gasteiger partial charge in [-0.1, -0.05) is 19.9 Å². The van der Waals surface area contributed by atoms with Crippen molar-refractivity contribution < 1.29 is 14.3 Å². The van der Waals surface area contributed by atoms with E-state index in [1.54, 1.807) is 13.3 Å². The molecule has 22 heavy (non-hydrogen) atoms. The summed E-state index contributed by atoms with van der Waals surface area (Å²) in [5.41, 5.74) is 3.77. The number of benzene rings is 1. The molecular formula is C17H20N2O3. The maximum Gasteiger partial charge on any atom is 0.262 e. The van der Waals surface area contributed by atoms with E-state index in [1.165, 1.54) is 0 Å². The Morgan fingerprint density at radius 3 is 2.73 bits per heavy atom. The first-order valence-electron chi connectivity index (χ1n) is 7.25. The molecule has 1 aromatic heterocycles. The molecule has 5 heteroatoms. The number of pyridine rings is 1. The molecule has 0 fully saturated rings. The first kappa shape index (κ1) is 15.8. The van der Waals surface area contributed by atoms with E-state index in [-0.39, 0.29) is 12.5 Å². The fourth-order valence-corrected chi connectivity index (χ4v) is 2.19. The van der Waals surface area contributed by atoms with E-state index in [2.05, 4.69) is 10.3 Å². The van der Waals surface area contributed by atoms with E-state index in [0.29, 0.717) is 17.3 Å². The minimum absolute atomic E-state index is 0.0519. The maximum absolute atomic E-state index is 11.2. The molecule has 0 bridgehead atoms. The van der Waals surface area contributed by atoms with Crippen LogP contribution in [0.1, 0.15) is 19.4 Å². The van der Waals surface area contributed by atoms with Crippen molar-refractivity contribution in [1.82, 2.24) is 4.98 Å². The molecule has 1 amide bonds. The first-order chi connectivity index (χ1) is 10.7. The highest BCUT2D eigenvalue weighted by atomic mass is 16.5. The molecule has 0 atom stereocenters. The van der Waals surface area contributed by atoms with Crippen molar-refractivity contribution in [1.29, 1.82) is 0 Å². The van der Waals surface area contributed by atoms with Crippen molar-refractivity contribution >= 4 is 11.6 Å². The number of amides is 1. The second-order valence-electron chi connectivity index (χ2n) is 4.59. The fraction of sp³-hybridized carbons (Fsp3) is 0.294. The molecule has 0 saturated carbocycles. The summed E-state index contributed by atoms with van der Waals surface area (Å²) in [4.78, 5) is 15.5. The summed E-state index contributed by atoms with van der Waals surface area (Å²) in [6.07, 6.45) is 1.78. The number of fused-ring (bicyclic) bond motifs is 1. The first-order valence-corrected chi connectivity index (χ1v) is 7.25. The van der Waals surface area contributed by atoms with Crippen LogP contribution in [0.15, 0.2) is 30.5 Å². The van der Waals surface area contributed by atoms with E-state index in [9.17, 15) is 4.79 Å². The molecule has 0 radical (unpaired) electrons. The zero-order valence-electron chi connectivity index (χ0n) is 13.3. The lowest BCUT2D eigenvalue weighted by molar-refractivity contribution is -0.118. The average molecular weight is 300 g/mol. The number of aryl methyl sites for hydroxylation is 1. The van der Waals surface area contributed by atoms with E-state index < -0.39 is 0 Å². The fourth-order valence-electron chi connectivity index (χ4n) is 2.19. The highest BCUT2D eigenvalue weighted by molar-refractivity contribution is 5.96. The van der Waals surface area contributed by atoms with E-state index >= 15 is 0 Å². The van der Waals surface area contributed by atoms with Crippen LogP contribution in [0.3, 0.4) is 0 Å². The Labute approximate surface area is 130 Å². The molecule has 0 saturated heterocycles. The molecule has 3 rings (SSSR count). The number of nitrogens with one attached hydrogen (secondary N) is 1. The van der Waals surface area contributed by atoms with Gasteiger partial charge in [-0.2, -0.15) is 0 Å². The predicted octanol–water partition coefficient (Wildman–Crippen LogP) is 3.42. The van der Waals surface area contributed by atoms with Crippen LogP contribution in [0.2, 0.25) is 0 Å². The highest BCUT2D eigenvalue weighted by Crippen LogP contribution is 2.34. The average Bonchev–Trinajstić information content (AvgIpc) is 2.56. The normalized spacial score (nSPS) is 12.3. The van der Waals surface area contributed by atoms with Gasteiger partial charge in [0.15, 0.2) is 6.61 Å². The third kappa shape index (κ3) is 3.19. The summed E-state index contributed by atoms with van der Waals surface area (Å²) >= 11 is 0. The molecule has 116 valence electrons. The van der Waals surface area contributed by atoms with Crippen LogP contribution in [-0.2, 0) is 4.79 Å². The number of hydrogen-bond donors (Lipinski definition) is 1. The molecule has 0 unspecified atom stereocenters. The zero-order chi connectivity index (χ0) is 16.1. The van der Waals surface area contributed by atoms with Crippen molar-refractivity contribution in [3.8, 4) is 22.8 Å². The Morgan fingerprint density at radius 1 is 1.27 bits per heavy atom. The van der Waals surface area contributed by atoms with Gasteiger partial charge in [0.05, 0.1) is 12.8 Å². The summed E-state index contributed by atoms with van der Waals surface area (Å²) in [6.45, 7) is 6.05. The molecular weight excluding hydrogens is 280 g/mol. The monoisotopic (exact) mass is 300 g/mol. The van der Waals surface area contributed by atoms with Gasteiger partial charge < -0.3 is 14.8 Å². The van der Waals surface area contributed by atoms with Crippen molar-refractivity contribution in [2.24, 2.45) is 0 Å². The molecule has 1 aliphatic rings. The van der Waals surface area contributed by atoms with Crippen LogP contribution < -0.4 is 14.8 Å². The number of rotatable bonds is 2. The van der Waals surface area contributed by atoms with Gasteiger partial charge in [0.2, 0.25) is 5.88 Å². The van der Waals surface area contributed by atoms with Crippen LogP contribution in [0.4, 0.5) is 5.69 Å².